The van der Waals surface area contributed by atoms with Gasteiger partial charge in [0.25, 0.3) is 0 Å². The quantitative estimate of drug-likeness (QED) is 0.622. The van der Waals surface area contributed by atoms with Crippen LogP contribution < -0.4 is 4.90 Å². The van der Waals surface area contributed by atoms with Gasteiger partial charge in [-0.1, -0.05) is 23.8 Å². The summed E-state index contributed by atoms with van der Waals surface area (Å²) in [6.07, 6.45) is 2.04. The summed E-state index contributed by atoms with van der Waals surface area (Å²) >= 11 is 5.39. The zero-order chi connectivity index (χ0) is 21.8. The lowest BCUT2D eigenvalue weighted by molar-refractivity contribution is -0.131. The van der Waals surface area contributed by atoms with E-state index in [1.54, 1.807) is 18.3 Å². The Morgan fingerprint density at radius 2 is 2.03 bits per heavy atom. The summed E-state index contributed by atoms with van der Waals surface area (Å²) in [6.45, 7) is 5.00. The normalized spacial score (nSPS) is 13.8. The fourth-order valence-electron chi connectivity index (χ4n) is 3.80. The summed E-state index contributed by atoms with van der Waals surface area (Å²) in [4.78, 5) is 21.1. The molecule has 0 saturated carbocycles. The molecule has 9 heteroatoms. The maximum absolute atomic E-state index is 12.8. The van der Waals surface area contributed by atoms with Gasteiger partial charge in [0.15, 0.2) is 10.6 Å². The van der Waals surface area contributed by atoms with Crippen molar-refractivity contribution in [3.63, 3.8) is 0 Å². The number of pyridine rings is 1. The van der Waals surface area contributed by atoms with Crippen LogP contribution in [0.4, 0.5) is 5.82 Å². The predicted molar refractivity (Wildman–Crippen MR) is 120 cm³/mol. The van der Waals surface area contributed by atoms with Gasteiger partial charge in [-0.3, -0.25) is 14.5 Å². The first kappa shape index (κ1) is 20.8. The number of hydrogen-bond donors (Lipinski definition) is 1. The molecule has 0 aliphatic carbocycles. The maximum atomic E-state index is 12.8. The number of H-pyrrole nitrogens is 1. The van der Waals surface area contributed by atoms with E-state index in [-0.39, 0.29) is 5.91 Å². The third-order valence-corrected chi connectivity index (χ3v) is 5.73. The number of anilines is 1. The molecule has 1 amide bonds. The molecule has 1 aromatic carbocycles. The van der Waals surface area contributed by atoms with Crippen molar-refractivity contribution in [3.05, 3.63) is 58.5 Å². The van der Waals surface area contributed by atoms with Crippen molar-refractivity contribution < 1.29 is 4.79 Å². The molecule has 3 aromatic rings. The molecular weight excluding hydrogens is 410 g/mol. The van der Waals surface area contributed by atoms with Crippen LogP contribution in [0.3, 0.4) is 0 Å². The number of nitrogens with zero attached hydrogens (tertiary/aromatic N) is 6. The highest BCUT2D eigenvalue weighted by Gasteiger charge is 2.23. The highest BCUT2D eigenvalue weighted by molar-refractivity contribution is 7.71. The monoisotopic (exact) mass is 433 g/mol. The molecule has 1 saturated heterocycles. The summed E-state index contributed by atoms with van der Waals surface area (Å²) in [5.74, 6) is 1.51. The number of amides is 1. The number of aromatic amines is 1. The minimum absolute atomic E-state index is 0.0828. The second-order valence-electron chi connectivity index (χ2n) is 7.48. The molecule has 2 aromatic heterocycles. The van der Waals surface area contributed by atoms with Crippen LogP contribution in [0.25, 0.3) is 11.4 Å². The number of hydrogen-bond acceptors (Lipinski definition) is 6. The predicted octanol–water partition coefficient (Wildman–Crippen LogP) is 2.92. The van der Waals surface area contributed by atoms with Crippen molar-refractivity contribution in [3.8, 4) is 17.5 Å². The van der Waals surface area contributed by atoms with Crippen molar-refractivity contribution in [1.29, 1.82) is 5.26 Å². The summed E-state index contributed by atoms with van der Waals surface area (Å²) in [5, 5.41) is 16.5. The van der Waals surface area contributed by atoms with E-state index in [2.05, 4.69) is 32.2 Å². The fourth-order valence-corrected chi connectivity index (χ4v) is 4.02. The van der Waals surface area contributed by atoms with E-state index in [9.17, 15) is 10.1 Å². The van der Waals surface area contributed by atoms with Crippen LogP contribution in [0.15, 0.2) is 42.6 Å². The lowest BCUT2D eigenvalue weighted by Crippen LogP contribution is -2.49. The average molecular weight is 434 g/mol. The number of carbonyl (C=O) groups is 1. The highest BCUT2D eigenvalue weighted by atomic mass is 32.1. The van der Waals surface area contributed by atoms with Gasteiger partial charge < -0.3 is 9.80 Å². The summed E-state index contributed by atoms with van der Waals surface area (Å²) in [5.41, 5.74) is 2.66. The summed E-state index contributed by atoms with van der Waals surface area (Å²) in [7, 11) is 0. The van der Waals surface area contributed by atoms with E-state index >= 15 is 0 Å². The van der Waals surface area contributed by atoms with Gasteiger partial charge in [-0.2, -0.15) is 10.4 Å². The Morgan fingerprint density at radius 3 is 2.77 bits per heavy atom. The molecule has 0 atom stereocenters. The molecule has 0 radical (unpaired) electrons. The van der Waals surface area contributed by atoms with Gasteiger partial charge in [-0.05, 0) is 37.3 Å². The molecule has 0 spiro atoms. The van der Waals surface area contributed by atoms with Gasteiger partial charge in [0.2, 0.25) is 5.91 Å². The average Bonchev–Trinajstić information content (AvgIpc) is 3.17. The van der Waals surface area contributed by atoms with Crippen molar-refractivity contribution in [2.45, 2.75) is 19.9 Å². The molecule has 0 unspecified atom stereocenters. The topological polar surface area (TPSA) is 93.8 Å². The number of benzene rings is 1. The Labute approximate surface area is 185 Å². The van der Waals surface area contributed by atoms with Crippen LogP contribution in [0.5, 0.6) is 0 Å². The van der Waals surface area contributed by atoms with E-state index in [0.717, 1.165) is 17.0 Å². The van der Waals surface area contributed by atoms with E-state index in [1.165, 1.54) is 0 Å². The molecule has 1 N–H and O–H groups in total. The minimum Gasteiger partial charge on any atom is -0.352 e. The Kier molecular flexibility index (Phi) is 6.09. The minimum atomic E-state index is 0.0828. The van der Waals surface area contributed by atoms with Gasteiger partial charge in [0, 0.05) is 50.9 Å². The van der Waals surface area contributed by atoms with Crippen LogP contribution in [-0.2, 0) is 11.3 Å². The Balaban J connectivity index is 1.38. The zero-order valence-corrected chi connectivity index (χ0v) is 18.1. The highest BCUT2D eigenvalue weighted by Crippen LogP contribution is 2.20. The third-order valence-electron chi connectivity index (χ3n) is 5.42. The standard InChI is InChI=1S/C22H23N7OS/c1-16-4-2-5-17(14-16)21-25-26-22(31)29(21)9-7-19(30)27-10-12-28(13-11-27)20-18(15-23)6-3-8-24-20/h2-6,8,14H,7,9-13H2,1H3,(H,26,31). The fraction of sp³-hybridized carbons (Fsp3) is 0.318. The number of rotatable bonds is 5. The molecular formula is C22H23N7OS. The van der Waals surface area contributed by atoms with Crippen molar-refractivity contribution in [1.82, 2.24) is 24.6 Å². The van der Waals surface area contributed by atoms with E-state index in [0.29, 0.717) is 55.3 Å². The number of piperazine rings is 1. The first-order chi connectivity index (χ1) is 15.1. The van der Waals surface area contributed by atoms with Gasteiger partial charge in [0.1, 0.15) is 11.9 Å². The van der Waals surface area contributed by atoms with Crippen LogP contribution in [0.2, 0.25) is 0 Å². The van der Waals surface area contributed by atoms with E-state index in [1.807, 2.05) is 34.6 Å². The number of carbonyl (C=O) groups excluding carboxylic acids is 1. The first-order valence-corrected chi connectivity index (χ1v) is 10.6. The van der Waals surface area contributed by atoms with Gasteiger partial charge in [-0.15, -0.1) is 0 Å². The molecule has 1 aliphatic heterocycles. The van der Waals surface area contributed by atoms with Crippen LogP contribution in [0, 0.1) is 23.0 Å². The number of nitriles is 1. The number of aromatic nitrogens is 4. The zero-order valence-electron chi connectivity index (χ0n) is 17.3. The lowest BCUT2D eigenvalue weighted by Gasteiger charge is -2.35. The van der Waals surface area contributed by atoms with Crippen LogP contribution in [0.1, 0.15) is 17.5 Å². The number of nitrogens with one attached hydrogen (secondary N) is 1. The SMILES string of the molecule is Cc1cccc(-c2n[nH]c(=S)n2CCC(=O)N2CCN(c3ncccc3C#N)CC2)c1. The van der Waals surface area contributed by atoms with Gasteiger partial charge in [-0.25, -0.2) is 4.98 Å². The summed E-state index contributed by atoms with van der Waals surface area (Å²) in [6, 6.07) is 13.8. The van der Waals surface area contributed by atoms with Crippen molar-refractivity contribution in [2.24, 2.45) is 0 Å². The number of aryl methyl sites for hydroxylation is 1. The van der Waals surface area contributed by atoms with Crippen molar-refractivity contribution in [2.75, 3.05) is 31.1 Å². The molecule has 158 valence electrons. The maximum Gasteiger partial charge on any atom is 0.224 e. The van der Waals surface area contributed by atoms with Crippen LogP contribution in [-0.4, -0.2) is 56.7 Å². The molecule has 3 heterocycles. The largest absolute Gasteiger partial charge is 0.352 e. The molecule has 31 heavy (non-hydrogen) atoms. The van der Waals surface area contributed by atoms with E-state index in [4.69, 9.17) is 12.2 Å². The van der Waals surface area contributed by atoms with E-state index < -0.39 is 0 Å². The smallest absolute Gasteiger partial charge is 0.224 e. The summed E-state index contributed by atoms with van der Waals surface area (Å²) < 4.78 is 2.39. The van der Waals surface area contributed by atoms with Crippen molar-refractivity contribution >= 4 is 23.9 Å². The molecule has 4 rings (SSSR count). The molecule has 1 aliphatic rings. The van der Waals surface area contributed by atoms with Gasteiger partial charge in [0.05, 0.1) is 5.56 Å². The van der Waals surface area contributed by atoms with Crippen LogP contribution >= 0.6 is 12.2 Å². The lowest BCUT2D eigenvalue weighted by atomic mass is 10.1. The second kappa shape index (κ2) is 9.10. The molecule has 0 bridgehead atoms. The third kappa shape index (κ3) is 4.49. The van der Waals surface area contributed by atoms with Gasteiger partial charge >= 0.3 is 0 Å². The first-order valence-electron chi connectivity index (χ1n) is 10.2. The Morgan fingerprint density at radius 1 is 1.23 bits per heavy atom. The Bertz CT molecular complexity index is 1180. The molecule has 8 nitrogen and oxygen atoms in total. The Hall–Kier alpha value is -3.51. The second-order valence-corrected chi connectivity index (χ2v) is 7.86. The molecule has 1 fully saturated rings.